The van der Waals surface area contributed by atoms with Gasteiger partial charge in [-0.2, -0.15) is 0 Å². The summed E-state index contributed by atoms with van der Waals surface area (Å²) in [5.74, 6) is 0. The number of benzene rings is 1. The predicted octanol–water partition coefficient (Wildman–Crippen LogP) is 2.47. The van der Waals surface area contributed by atoms with Gasteiger partial charge < -0.3 is 5.32 Å². The van der Waals surface area contributed by atoms with Crippen LogP contribution in [0.3, 0.4) is 0 Å². The Morgan fingerprint density at radius 3 is 3.00 bits per heavy atom. The highest BCUT2D eigenvalue weighted by Gasteiger charge is 2.23. The van der Waals surface area contributed by atoms with E-state index in [2.05, 4.69) is 15.6 Å². The van der Waals surface area contributed by atoms with Crippen molar-refractivity contribution in [2.45, 2.75) is 32.4 Å². The lowest BCUT2D eigenvalue weighted by Crippen LogP contribution is -2.29. The molecule has 1 atom stereocenters. The largest absolute Gasteiger partial charge is 0.308 e. The molecule has 0 radical (unpaired) electrons. The quantitative estimate of drug-likeness (QED) is 0.938. The molecule has 0 saturated carbocycles. The molecule has 0 bridgehead atoms. The molecule has 0 aliphatic carbocycles. The van der Waals surface area contributed by atoms with Gasteiger partial charge in [0.2, 0.25) is 0 Å². The van der Waals surface area contributed by atoms with Crippen molar-refractivity contribution >= 4 is 0 Å². The Balaban J connectivity index is 1.93. The maximum absolute atomic E-state index is 13.0. The number of halogens is 2. The van der Waals surface area contributed by atoms with Gasteiger partial charge in [0.25, 0.3) is 6.43 Å². The Labute approximate surface area is 115 Å². The van der Waals surface area contributed by atoms with E-state index in [9.17, 15) is 8.78 Å². The second kappa shape index (κ2) is 5.28. The summed E-state index contributed by atoms with van der Waals surface area (Å²) in [6, 6.07) is 6.76. The molecule has 106 valence electrons. The summed E-state index contributed by atoms with van der Waals surface area (Å²) in [5.41, 5.74) is 2.63. The molecule has 20 heavy (non-hydrogen) atoms. The number of nitrogens with one attached hydrogen (secondary N) is 1. The van der Waals surface area contributed by atoms with E-state index >= 15 is 0 Å². The van der Waals surface area contributed by atoms with E-state index < -0.39 is 6.43 Å². The van der Waals surface area contributed by atoms with Crippen molar-refractivity contribution in [1.29, 1.82) is 0 Å². The van der Waals surface area contributed by atoms with Crippen LogP contribution in [0.1, 0.15) is 41.9 Å². The molecule has 1 aromatic carbocycles. The van der Waals surface area contributed by atoms with Crippen LogP contribution in [0, 0.1) is 0 Å². The predicted molar refractivity (Wildman–Crippen MR) is 70.6 cm³/mol. The molecule has 1 aliphatic heterocycles. The summed E-state index contributed by atoms with van der Waals surface area (Å²) in [4.78, 5) is 0. The highest BCUT2D eigenvalue weighted by molar-refractivity contribution is 5.29. The number of hydrogen-bond donors (Lipinski definition) is 1. The van der Waals surface area contributed by atoms with Crippen LogP contribution in [0.25, 0.3) is 0 Å². The fourth-order valence-corrected chi connectivity index (χ4v) is 2.62. The third-order valence-electron chi connectivity index (χ3n) is 3.70. The minimum atomic E-state index is -2.47. The number of rotatable bonds is 3. The summed E-state index contributed by atoms with van der Waals surface area (Å²) in [6.45, 7) is 3.23. The van der Waals surface area contributed by atoms with Crippen LogP contribution in [-0.2, 0) is 13.0 Å². The van der Waals surface area contributed by atoms with Crippen molar-refractivity contribution in [3.8, 4) is 0 Å². The number of alkyl halides is 2. The summed E-state index contributed by atoms with van der Waals surface area (Å²) in [7, 11) is 0. The summed E-state index contributed by atoms with van der Waals surface area (Å²) in [6.07, 6.45) is -1.64. The highest BCUT2D eigenvalue weighted by atomic mass is 19.3. The van der Waals surface area contributed by atoms with E-state index in [-0.39, 0.29) is 11.6 Å². The van der Waals surface area contributed by atoms with Gasteiger partial charge in [0.05, 0.1) is 18.3 Å². The topological polar surface area (TPSA) is 42.7 Å². The van der Waals surface area contributed by atoms with Gasteiger partial charge in [0.1, 0.15) is 5.69 Å². The first-order chi connectivity index (χ1) is 9.66. The lowest BCUT2D eigenvalue weighted by atomic mass is 10.1. The first-order valence-electron chi connectivity index (χ1n) is 6.68. The monoisotopic (exact) mass is 278 g/mol. The summed E-state index contributed by atoms with van der Waals surface area (Å²) in [5, 5.41) is 11.6. The normalized spacial score (nSPS) is 18.3. The van der Waals surface area contributed by atoms with E-state index in [1.165, 1.54) is 6.07 Å². The summed E-state index contributed by atoms with van der Waals surface area (Å²) < 4.78 is 27.7. The highest BCUT2D eigenvalue weighted by Crippen LogP contribution is 2.25. The van der Waals surface area contributed by atoms with E-state index in [0.717, 1.165) is 24.4 Å². The van der Waals surface area contributed by atoms with Crippen molar-refractivity contribution in [2.75, 3.05) is 6.54 Å². The lowest BCUT2D eigenvalue weighted by molar-refractivity contribution is 0.150. The molecule has 3 rings (SSSR count). The maximum atomic E-state index is 13.0. The molecular formula is C14H16F2N4. The van der Waals surface area contributed by atoms with E-state index in [0.29, 0.717) is 12.1 Å². The second-order valence-electron chi connectivity index (χ2n) is 5.00. The first-order valence-corrected chi connectivity index (χ1v) is 6.68. The van der Waals surface area contributed by atoms with E-state index in [4.69, 9.17) is 0 Å². The lowest BCUT2D eigenvalue weighted by Gasteiger charge is -2.19. The molecule has 6 heteroatoms. The standard InChI is InChI=1S/C14H16F2N4/c1-9-13-12(6-7-17-9)20(19-18-13)8-10-4-2-3-5-11(10)14(15)16/h2-5,9,14,17H,6-8H2,1H3/t9-/m0/s1. The van der Waals surface area contributed by atoms with Crippen LogP contribution in [0.5, 0.6) is 0 Å². The van der Waals surface area contributed by atoms with Gasteiger partial charge in [-0.3, -0.25) is 0 Å². The molecule has 0 saturated heterocycles. The van der Waals surface area contributed by atoms with Gasteiger partial charge in [-0.1, -0.05) is 29.5 Å². The minimum Gasteiger partial charge on any atom is -0.308 e. The number of nitrogens with zero attached hydrogens (tertiary/aromatic N) is 3. The molecular weight excluding hydrogens is 262 g/mol. The molecule has 2 aromatic rings. The van der Waals surface area contributed by atoms with Crippen LogP contribution >= 0.6 is 0 Å². The van der Waals surface area contributed by atoms with Gasteiger partial charge >= 0.3 is 0 Å². The summed E-state index contributed by atoms with van der Waals surface area (Å²) >= 11 is 0. The fourth-order valence-electron chi connectivity index (χ4n) is 2.62. The Bertz CT molecular complexity index is 609. The third-order valence-corrected chi connectivity index (χ3v) is 3.70. The smallest absolute Gasteiger partial charge is 0.264 e. The number of aromatic nitrogens is 3. The molecule has 1 N–H and O–H groups in total. The van der Waals surface area contributed by atoms with Gasteiger partial charge in [-0.05, 0) is 12.5 Å². The Hall–Kier alpha value is -1.82. The van der Waals surface area contributed by atoms with Crippen LogP contribution in [-0.4, -0.2) is 21.5 Å². The molecule has 0 amide bonds. The van der Waals surface area contributed by atoms with Crippen molar-refractivity contribution < 1.29 is 8.78 Å². The molecule has 4 nitrogen and oxygen atoms in total. The van der Waals surface area contributed by atoms with Crippen LogP contribution in [0.4, 0.5) is 8.78 Å². The second-order valence-corrected chi connectivity index (χ2v) is 5.00. The molecule has 0 fully saturated rings. The van der Waals surface area contributed by atoms with Crippen molar-refractivity contribution in [2.24, 2.45) is 0 Å². The van der Waals surface area contributed by atoms with Crippen LogP contribution in [0.2, 0.25) is 0 Å². The zero-order valence-electron chi connectivity index (χ0n) is 11.2. The Morgan fingerprint density at radius 1 is 1.40 bits per heavy atom. The van der Waals surface area contributed by atoms with E-state index in [1.54, 1.807) is 22.9 Å². The van der Waals surface area contributed by atoms with Crippen molar-refractivity contribution in [1.82, 2.24) is 20.3 Å². The molecule has 0 spiro atoms. The van der Waals surface area contributed by atoms with Gasteiger partial charge in [0, 0.05) is 18.5 Å². The SMILES string of the molecule is C[C@@H]1NCCc2c1nnn2Cc1ccccc1C(F)F. The average Bonchev–Trinajstić information content (AvgIpc) is 2.84. The molecule has 2 heterocycles. The fraction of sp³-hybridized carbons (Fsp3) is 0.429. The van der Waals surface area contributed by atoms with Crippen LogP contribution < -0.4 is 5.32 Å². The minimum absolute atomic E-state index is 0.0683. The zero-order chi connectivity index (χ0) is 14.1. The first kappa shape index (κ1) is 13.2. The number of fused-ring (bicyclic) bond motifs is 1. The van der Waals surface area contributed by atoms with Crippen molar-refractivity contribution in [3.63, 3.8) is 0 Å². The van der Waals surface area contributed by atoms with Crippen molar-refractivity contribution in [3.05, 3.63) is 46.8 Å². The zero-order valence-corrected chi connectivity index (χ0v) is 11.2. The number of hydrogen-bond acceptors (Lipinski definition) is 3. The van der Waals surface area contributed by atoms with E-state index in [1.807, 2.05) is 6.92 Å². The molecule has 1 aliphatic rings. The van der Waals surface area contributed by atoms with Gasteiger partial charge in [-0.25, -0.2) is 13.5 Å². The average molecular weight is 278 g/mol. The van der Waals surface area contributed by atoms with Gasteiger partial charge in [0.15, 0.2) is 0 Å². The maximum Gasteiger partial charge on any atom is 0.264 e. The van der Waals surface area contributed by atoms with Gasteiger partial charge in [-0.15, -0.1) is 5.10 Å². The Morgan fingerprint density at radius 2 is 2.20 bits per heavy atom. The molecule has 0 unspecified atom stereocenters. The molecule has 1 aromatic heterocycles. The van der Waals surface area contributed by atoms with Crippen LogP contribution in [0.15, 0.2) is 24.3 Å². The Kier molecular flexibility index (Phi) is 3.48. The third kappa shape index (κ3) is 2.31.